The Kier molecular flexibility index (Phi) is 9.72. The Balaban J connectivity index is 1.40. The highest BCUT2D eigenvalue weighted by molar-refractivity contribution is 7.92. The number of benzene rings is 4. The van der Waals surface area contributed by atoms with Crippen molar-refractivity contribution in [1.29, 1.82) is 0 Å². The molecule has 42 heavy (non-hydrogen) atoms. The zero-order valence-electron chi connectivity index (χ0n) is 23.3. The molecule has 0 atom stereocenters. The first-order valence-electron chi connectivity index (χ1n) is 12.9. The van der Waals surface area contributed by atoms with Crippen molar-refractivity contribution in [2.75, 3.05) is 37.4 Å². The number of hydrogen-bond acceptors (Lipinski definition) is 6. The lowest BCUT2D eigenvalue weighted by Gasteiger charge is -2.20. The topological polar surface area (TPSA) is 114 Å². The number of nitrogens with one attached hydrogen (secondary N) is 2. The molecule has 0 bridgehead atoms. The molecule has 0 fully saturated rings. The fourth-order valence-electron chi connectivity index (χ4n) is 4.16. The Labute approximate surface area is 250 Å². The van der Waals surface area contributed by atoms with Crippen LogP contribution in [0, 0.1) is 0 Å². The molecular weight excluding hydrogens is 578 g/mol. The van der Waals surface area contributed by atoms with Crippen molar-refractivity contribution in [2.24, 2.45) is 0 Å². The Morgan fingerprint density at radius 1 is 0.833 bits per heavy atom. The van der Waals surface area contributed by atoms with Crippen molar-refractivity contribution < 1.29 is 27.5 Å². The van der Waals surface area contributed by atoms with Gasteiger partial charge in [0.25, 0.3) is 21.8 Å². The normalized spacial score (nSPS) is 11.0. The minimum Gasteiger partial charge on any atom is -0.493 e. The van der Waals surface area contributed by atoms with Gasteiger partial charge in [0.1, 0.15) is 0 Å². The summed E-state index contributed by atoms with van der Waals surface area (Å²) in [6, 6.07) is 24.2. The number of methoxy groups -OCH3 is 2. The summed E-state index contributed by atoms with van der Waals surface area (Å²) in [5, 5.41) is 6.10. The van der Waals surface area contributed by atoms with E-state index in [1.807, 2.05) is 18.2 Å². The molecule has 0 saturated carbocycles. The van der Waals surface area contributed by atoms with Crippen LogP contribution in [0.5, 0.6) is 11.5 Å². The van der Waals surface area contributed by atoms with Gasteiger partial charge in [0.15, 0.2) is 11.5 Å². The molecule has 0 unspecified atom stereocenters. The zero-order valence-corrected chi connectivity index (χ0v) is 24.8. The van der Waals surface area contributed by atoms with Gasteiger partial charge in [-0.25, -0.2) is 8.42 Å². The average Bonchev–Trinajstić information content (AvgIpc) is 3.01. The first-order valence-corrected chi connectivity index (χ1v) is 14.7. The van der Waals surface area contributed by atoms with Gasteiger partial charge in [-0.3, -0.25) is 13.9 Å². The minimum absolute atomic E-state index is 0.0924. The van der Waals surface area contributed by atoms with Crippen LogP contribution in [0.4, 0.5) is 11.4 Å². The summed E-state index contributed by atoms with van der Waals surface area (Å²) in [5.74, 6) is 0.447. The number of ether oxygens (including phenoxy) is 2. The molecule has 9 nitrogen and oxygen atoms in total. The van der Waals surface area contributed by atoms with Gasteiger partial charge in [-0.05, 0) is 84.8 Å². The Hall–Kier alpha value is -4.54. The zero-order chi connectivity index (χ0) is 30.3. The third kappa shape index (κ3) is 7.02. The van der Waals surface area contributed by atoms with Gasteiger partial charge in [-0.15, -0.1) is 0 Å². The highest BCUT2D eigenvalue weighted by Crippen LogP contribution is 2.28. The number of carbonyl (C=O) groups is 2. The predicted octanol–water partition coefficient (Wildman–Crippen LogP) is 5.41. The molecule has 2 amide bonds. The quantitative estimate of drug-likeness (QED) is 0.236. The van der Waals surface area contributed by atoms with E-state index in [9.17, 15) is 18.0 Å². The number of hydrogen-bond donors (Lipinski definition) is 2. The molecule has 2 N–H and O–H groups in total. The van der Waals surface area contributed by atoms with E-state index in [2.05, 4.69) is 10.6 Å². The molecular formula is C31H30ClN3O6S. The van der Waals surface area contributed by atoms with Crippen LogP contribution < -0.4 is 24.4 Å². The number of para-hydroxylation sites is 1. The Bertz CT molecular complexity index is 1680. The Morgan fingerprint density at radius 2 is 1.50 bits per heavy atom. The van der Waals surface area contributed by atoms with Crippen LogP contribution in [0.15, 0.2) is 95.9 Å². The summed E-state index contributed by atoms with van der Waals surface area (Å²) in [6.45, 7) is 0.366. The smallest absolute Gasteiger partial charge is 0.264 e. The summed E-state index contributed by atoms with van der Waals surface area (Å²) in [7, 11) is 0.742. The minimum atomic E-state index is -3.82. The summed E-state index contributed by atoms with van der Waals surface area (Å²) in [4.78, 5) is 26.1. The first-order chi connectivity index (χ1) is 20.1. The second-order valence-electron chi connectivity index (χ2n) is 9.17. The van der Waals surface area contributed by atoms with Gasteiger partial charge in [-0.1, -0.05) is 29.8 Å². The van der Waals surface area contributed by atoms with Gasteiger partial charge >= 0.3 is 0 Å². The molecule has 4 aromatic carbocycles. The van der Waals surface area contributed by atoms with E-state index in [1.54, 1.807) is 38.5 Å². The highest BCUT2D eigenvalue weighted by Gasteiger charge is 2.22. The van der Waals surface area contributed by atoms with Crippen molar-refractivity contribution in [3.63, 3.8) is 0 Å². The fraction of sp³-hybridized carbons (Fsp3) is 0.161. The number of carbonyl (C=O) groups excluding carboxylic acids is 2. The number of amides is 2. The maximum Gasteiger partial charge on any atom is 0.264 e. The highest BCUT2D eigenvalue weighted by atomic mass is 35.5. The summed E-state index contributed by atoms with van der Waals surface area (Å²) in [6.07, 6.45) is 0.565. The summed E-state index contributed by atoms with van der Waals surface area (Å²) < 4.78 is 37.7. The molecule has 0 aliphatic heterocycles. The third-order valence-corrected chi connectivity index (χ3v) is 8.58. The van der Waals surface area contributed by atoms with Crippen molar-refractivity contribution in [3.05, 3.63) is 113 Å². The molecule has 4 rings (SSSR count). The fourth-order valence-corrected chi connectivity index (χ4v) is 5.48. The van der Waals surface area contributed by atoms with Crippen LogP contribution >= 0.6 is 11.6 Å². The molecule has 0 aliphatic rings. The van der Waals surface area contributed by atoms with Crippen LogP contribution in [0.25, 0.3) is 0 Å². The maximum atomic E-state index is 13.0. The van der Waals surface area contributed by atoms with Crippen LogP contribution in [0.2, 0.25) is 5.02 Å². The van der Waals surface area contributed by atoms with E-state index in [0.717, 1.165) is 9.87 Å². The van der Waals surface area contributed by atoms with Crippen LogP contribution in [-0.2, 0) is 16.4 Å². The van der Waals surface area contributed by atoms with Crippen molar-refractivity contribution >= 4 is 44.8 Å². The van der Waals surface area contributed by atoms with E-state index >= 15 is 0 Å². The van der Waals surface area contributed by atoms with E-state index in [0.29, 0.717) is 52.0 Å². The van der Waals surface area contributed by atoms with Crippen LogP contribution in [0.3, 0.4) is 0 Å². The van der Waals surface area contributed by atoms with Gasteiger partial charge < -0.3 is 20.1 Å². The SMILES string of the molecule is COc1ccc(CCNC(=O)c2ccccc2NC(=O)c2ccc(N(C)S(=O)(=O)c3ccc(Cl)cc3)cc2)cc1OC. The predicted molar refractivity (Wildman–Crippen MR) is 163 cm³/mol. The maximum absolute atomic E-state index is 13.0. The molecule has 0 aliphatic carbocycles. The van der Waals surface area contributed by atoms with Crippen molar-refractivity contribution in [2.45, 2.75) is 11.3 Å². The van der Waals surface area contributed by atoms with Crippen LogP contribution in [0.1, 0.15) is 26.3 Å². The lowest BCUT2D eigenvalue weighted by Crippen LogP contribution is -2.27. The number of rotatable bonds is 11. The van der Waals surface area contributed by atoms with Gasteiger partial charge in [0.2, 0.25) is 0 Å². The van der Waals surface area contributed by atoms with Crippen molar-refractivity contribution in [3.8, 4) is 11.5 Å². The lowest BCUT2D eigenvalue weighted by molar-refractivity contribution is 0.0955. The molecule has 0 spiro atoms. The molecule has 0 radical (unpaired) electrons. The average molecular weight is 608 g/mol. The number of sulfonamides is 1. The summed E-state index contributed by atoms with van der Waals surface area (Å²) >= 11 is 5.88. The van der Waals surface area contributed by atoms with E-state index in [4.69, 9.17) is 21.1 Å². The monoisotopic (exact) mass is 607 g/mol. The van der Waals surface area contributed by atoms with Gasteiger partial charge in [0.05, 0.1) is 36.1 Å². The van der Waals surface area contributed by atoms with Crippen molar-refractivity contribution in [1.82, 2.24) is 5.32 Å². The number of halogens is 1. The second-order valence-corrected chi connectivity index (χ2v) is 11.6. The lowest BCUT2D eigenvalue weighted by atomic mass is 10.1. The largest absolute Gasteiger partial charge is 0.493 e. The number of nitrogens with zero attached hydrogens (tertiary/aromatic N) is 1. The molecule has 218 valence electrons. The standard InChI is InChI=1S/C31H30ClN3O6S/c1-35(42(38,39)25-15-11-23(32)12-16-25)24-13-9-22(10-14-24)30(36)34-27-7-5-4-6-26(27)31(37)33-19-18-21-8-17-28(40-2)29(20-21)41-3/h4-17,20H,18-19H2,1-3H3,(H,33,37)(H,34,36). The molecule has 0 saturated heterocycles. The second kappa shape index (κ2) is 13.4. The summed E-state index contributed by atoms with van der Waals surface area (Å²) in [5.41, 5.74) is 2.28. The van der Waals surface area contributed by atoms with Gasteiger partial charge in [-0.2, -0.15) is 0 Å². The Morgan fingerprint density at radius 3 is 2.17 bits per heavy atom. The number of anilines is 2. The molecule has 0 heterocycles. The molecule has 4 aromatic rings. The van der Waals surface area contributed by atoms with Gasteiger partial charge in [0, 0.05) is 24.2 Å². The van der Waals surface area contributed by atoms with Crippen LogP contribution in [-0.4, -0.2) is 48.0 Å². The van der Waals surface area contributed by atoms with E-state index in [1.165, 1.54) is 55.6 Å². The molecule has 11 heteroatoms. The first kappa shape index (κ1) is 30.4. The van der Waals surface area contributed by atoms with E-state index in [-0.39, 0.29) is 10.8 Å². The third-order valence-electron chi connectivity index (χ3n) is 6.53. The van der Waals surface area contributed by atoms with E-state index < -0.39 is 15.9 Å². The molecule has 0 aromatic heterocycles.